The highest BCUT2D eigenvalue weighted by Crippen LogP contribution is 2.22. The third kappa shape index (κ3) is 1.69. The number of piperidine rings is 1. The summed E-state index contributed by atoms with van der Waals surface area (Å²) in [5, 5.41) is 7.92. The summed E-state index contributed by atoms with van der Waals surface area (Å²) in [4.78, 5) is 4.62. The van der Waals surface area contributed by atoms with E-state index in [1.54, 1.807) is 0 Å². The smallest absolute Gasteiger partial charge is 0.155 e. The Labute approximate surface area is 94.7 Å². The normalized spacial score (nSPS) is 18.1. The van der Waals surface area contributed by atoms with E-state index in [0.29, 0.717) is 5.92 Å². The van der Waals surface area contributed by atoms with E-state index in [-0.39, 0.29) is 0 Å². The van der Waals surface area contributed by atoms with Gasteiger partial charge in [-0.1, -0.05) is 0 Å². The van der Waals surface area contributed by atoms with Gasteiger partial charge in [0.2, 0.25) is 0 Å². The van der Waals surface area contributed by atoms with Gasteiger partial charge in [-0.15, -0.1) is 0 Å². The fourth-order valence-electron chi connectivity index (χ4n) is 2.25. The van der Waals surface area contributed by atoms with E-state index in [4.69, 9.17) is 0 Å². The summed E-state index contributed by atoms with van der Waals surface area (Å²) >= 11 is 0. The first-order valence-electron chi connectivity index (χ1n) is 5.86. The number of aromatic nitrogens is 3. The maximum Gasteiger partial charge on any atom is 0.155 e. The second-order valence-corrected chi connectivity index (χ2v) is 4.50. The lowest BCUT2D eigenvalue weighted by Gasteiger charge is -2.19. The van der Waals surface area contributed by atoms with Crippen LogP contribution in [0.3, 0.4) is 0 Å². The molecule has 0 radical (unpaired) electrons. The Balaban J connectivity index is 1.97. The molecule has 1 aliphatic heterocycles. The average Bonchev–Trinajstić information content (AvgIpc) is 2.73. The van der Waals surface area contributed by atoms with Crippen molar-refractivity contribution in [1.29, 1.82) is 0 Å². The van der Waals surface area contributed by atoms with Gasteiger partial charge >= 0.3 is 0 Å². The van der Waals surface area contributed by atoms with E-state index < -0.39 is 0 Å². The van der Waals surface area contributed by atoms with Gasteiger partial charge in [0.05, 0.1) is 0 Å². The minimum absolute atomic E-state index is 0.529. The molecule has 0 aliphatic carbocycles. The zero-order valence-corrected chi connectivity index (χ0v) is 9.48. The van der Waals surface area contributed by atoms with E-state index in [1.807, 2.05) is 10.7 Å². The zero-order valence-electron chi connectivity index (χ0n) is 9.48. The third-order valence-electron chi connectivity index (χ3n) is 3.21. The molecule has 0 unspecified atom stereocenters. The maximum atomic E-state index is 4.62. The Hall–Kier alpha value is -1.42. The Morgan fingerprint density at radius 2 is 2.19 bits per heavy atom. The number of fused-ring (bicyclic) bond motifs is 1. The van der Waals surface area contributed by atoms with Crippen LogP contribution in [-0.4, -0.2) is 27.7 Å². The van der Waals surface area contributed by atoms with Crippen LogP contribution in [0.1, 0.15) is 30.1 Å². The summed E-state index contributed by atoms with van der Waals surface area (Å²) in [6.45, 7) is 4.25. The van der Waals surface area contributed by atoms with Crippen LogP contribution < -0.4 is 5.32 Å². The van der Waals surface area contributed by atoms with Crippen molar-refractivity contribution in [3.05, 3.63) is 29.7 Å². The lowest BCUT2D eigenvalue weighted by atomic mass is 9.98. The van der Waals surface area contributed by atoms with Gasteiger partial charge in [-0.25, -0.2) is 9.50 Å². The number of aryl methyl sites for hydroxylation is 1. The van der Waals surface area contributed by atoms with Crippen LogP contribution >= 0.6 is 0 Å². The molecule has 0 bridgehead atoms. The van der Waals surface area contributed by atoms with Crippen LogP contribution in [0, 0.1) is 6.92 Å². The van der Waals surface area contributed by atoms with Crippen molar-refractivity contribution in [3.63, 3.8) is 0 Å². The molecule has 1 saturated heterocycles. The number of pyridine rings is 1. The van der Waals surface area contributed by atoms with Gasteiger partial charge in [-0.2, -0.15) is 5.10 Å². The summed E-state index contributed by atoms with van der Waals surface area (Å²) < 4.78 is 1.88. The molecule has 3 rings (SSSR count). The minimum atomic E-state index is 0.529. The molecule has 16 heavy (non-hydrogen) atoms. The van der Waals surface area contributed by atoms with E-state index in [2.05, 4.69) is 34.5 Å². The van der Waals surface area contributed by atoms with Gasteiger partial charge < -0.3 is 5.32 Å². The SMILES string of the molecule is Cc1ccn2nc(C3CCNCC3)nc2c1. The van der Waals surface area contributed by atoms with Crippen molar-refractivity contribution in [3.8, 4) is 0 Å². The number of nitrogens with zero attached hydrogens (tertiary/aromatic N) is 3. The molecule has 2 aromatic heterocycles. The van der Waals surface area contributed by atoms with Crippen LogP contribution in [0.4, 0.5) is 0 Å². The van der Waals surface area contributed by atoms with Gasteiger partial charge in [0.25, 0.3) is 0 Å². The fraction of sp³-hybridized carbons (Fsp3) is 0.500. The summed E-state index contributed by atoms with van der Waals surface area (Å²) in [6.07, 6.45) is 4.29. The summed E-state index contributed by atoms with van der Waals surface area (Å²) in [5.41, 5.74) is 2.20. The Morgan fingerprint density at radius 1 is 1.38 bits per heavy atom. The van der Waals surface area contributed by atoms with Gasteiger partial charge in [0.15, 0.2) is 11.5 Å². The molecule has 2 aromatic rings. The topological polar surface area (TPSA) is 42.2 Å². The first kappa shape index (κ1) is 9.78. The highest BCUT2D eigenvalue weighted by molar-refractivity contribution is 5.40. The minimum Gasteiger partial charge on any atom is -0.317 e. The summed E-state index contributed by atoms with van der Waals surface area (Å²) in [6, 6.07) is 4.14. The van der Waals surface area contributed by atoms with Crippen molar-refractivity contribution >= 4 is 5.65 Å². The lowest BCUT2D eigenvalue weighted by Crippen LogP contribution is -2.27. The maximum absolute atomic E-state index is 4.62. The third-order valence-corrected chi connectivity index (χ3v) is 3.21. The zero-order chi connectivity index (χ0) is 11.0. The molecule has 1 N–H and O–H groups in total. The van der Waals surface area contributed by atoms with Gasteiger partial charge in [-0.3, -0.25) is 0 Å². The number of rotatable bonds is 1. The quantitative estimate of drug-likeness (QED) is 0.785. The van der Waals surface area contributed by atoms with Crippen LogP contribution in [0.15, 0.2) is 18.3 Å². The molecule has 4 heteroatoms. The van der Waals surface area contributed by atoms with Crippen molar-refractivity contribution in [2.24, 2.45) is 0 Å². The van der Waals surface area contributed by atoms with Crippen LogP contribution in [0.5, 0.6) is 0 Å². The summed E-state index contributed by atoms with van der Waals surface area (Å²) in [5.74, 6) is 1.54. The molecule has 1 aliphatic rings. The highest BCUT2D eigenvalue weighted by atomic mass is 15.3. The van der Waals surface area contributed by atoms with Crippen LogP contribution in [0.25, 0.3) is 5.65 Å². The highest BCUT2D eigenvalue weighted by Gasteiger charge is 2.19. The van der Waals surface area contributed by atoms with Gasteiger partial charge in [-0.05, 0) is 50.6 Å². The largest absolute Gasteiger partial charge is 0.317 e. The van der Waals surface area contributed by atoms with Crippen LogP contribution in [0.2, 0.25) is 0 Å². The Kier molecular flexibility index (Phi) is 2.36. The molecule has 0 saturated carbocycles. The standard InChI is InChI=1S/C12H16N4/c1-9-4-7-16-11(8-9)14-12(15-16)10-2-5-13-6-3-10/h4,7-8,10,13H,2-3,5-6H2,1H3. The van der Waals surface area contributed by atoms with E-state index >= 15 is 0 Å². The van der Waals surface area contributed by atoms with Gasteiger partial charge in [0.1, 0.15) is 0 Å². The Bertz CT molecular complexity index is 497. The van der Waals surface area contributed by atoms with Gasteiger partial charge in [0, 0.05) is 12.1 Å². The number of hydrogen-bond donors (Lipinski definition) is 1. The first-order valence-corrected chi connectivity index (χ1v) is 5.86. The number of hydrogen-bond acceptors (Lipinski definition) is 3. The van der Waals surface area contributed by atoms with Crippen molar-refractivity contribution in [2.75, 3.05) is 13.1 Å². The molecular weight excluding hydrogens is 200 g/mol. The molecule has 0 atom stereocenters. The molecule has 0 aromatic carbocycles. The van der Waals surface area contributed by atoms with Crippen LogP contribution in [-0.2, 0) is 0 Å². The fourth-order valence-corrected chi connectivity index (χ4v) is 2.25. The molecular formula is C12H16N4. The molecule has 1 fully saturated rings. The average molecular weight is 216 g/mol. The monoisotopic (exact) mass is 216 g/mol. The molecule has 3 heterocycles. The predicted molar refractivity (Wildman–Crippen MR) is 62.6 cm³/mol. The summed E-state index contributed by atoms with van der Waals surface area (Å²) in [7, 11) is 0. The Morgan fingerprint density at radius 3 is 3.00 bits per heavy atom. The molecule has 0 spiro atoms. The van der Waals surface area contributed by atoms with Crippen molar-refractivity contribution < 1.29 is 0 Å². The molecule has 84 valence electrons. The lowest BCUT2D eigenvalue weighted by molar-refractivity contribution is 0.445. The first-order chi connectivity index (χ1) is 7.83. The van der Waals surface area contributed by atoms with E-state index in [0.717, 1.165) is 37.4 Å². The van der Waals surface area contributed by atoms with E-state index in [1.165, 1.54) is 5.56 Å². The van der Waals surface area contributed by atoms with Crippen molar-refractivity contribution in [2.45, 2.75) is 25.7 Å². The van der Waals surface area contributed by atoms with Crippen molar-refractivity contribution in [1.82, 2.24) is 19.9 Å². The molecule has 0 amide bonds. The predicted octanol–water partition coefficient (Wildman–Crippen LogP) is 1.50. The second kappa shape index (κ2) is 3.87. The molecule has 4 nitrogen and oxygen atoms in total. The van der Waals surface area contributed by atoms with E-state index in [9.17, 15) is 0 Å². The number of nitrogens with one attached hydrogen (secondary N) is 1. The second-order valence-electron chi connectivity index (χ2n) is 4.50.